The van der Waals surface area contributed by atoms with Gasteiger partial charge in [-0.05, 0) is 50.3 Å². The summed E-state index contributed by atoms with van der Waals surface area (Å²) < 4.78 is 5.75. The zero-order valence-electron chi connectivity index (χ0n) is 14.2. The van der Waals surface area contributed by atoms with E-state index in [9.17, 15) is 4.79 Å². The molecule has 3 rings (SSSR count). The lowest BCUT2D eigenvalue weighted by atomic mass is 9.87. The zero-order valence-corrected chi connectivity index (χ0v) is 15.0. The summed E-state index contributed by atoms with van der Waals surface area (Å²) in [5, 5.41) is 0.761. The first-order chi connectivity index (χ1) is 10.9. The van der Waals surface area contributed by atoms with E-state index in [4.69, 9.17) is 16.3 Å². The number of hydrogen-bond donors (Lipinski definition) is 0. The van der Waals surface area contributed by atoms with Gasteiger partial charge in [-0.2, -0.15) is 0 Å². The molecule has 2 fully saturated rings. The van der Waals surface area contributed by atoms with E-state index in [0.717, 1.165) is 31.0 Å². The molecule has 0 N–H and O–H groups in total. The summed E-state index contributed by atoms with van der Waals surface area (Å²) in [6, 6.07) is 8.06. The molecule has 2 saturated heterocycles. The summed E-state index contributed by atoms with van der Waals surface area (Å²) >= 11 is 5.99. The van der Waals surface area contributed by atoms with Crippen LogP contribution in [-0.2, 0) is 9.53 Å². The number of halogens is 1. The quantitative estimate of drug-likeness (QED) is 0.814. The fraction of sp³-hybridized carbons (Fsp3) is 0.632. The SMILES string of the molecule is C[C@@H]1CN(C(=O)C2CCOC(C)(C)C2)C[C@H]1c1ccc(Cl)cc1. The largest absolute Gasteiger partial charge is 0.376 e. The highest BCUT2D eigenvalue weighted by Gasteiger charge is 2.39. The smallest absolute Gasteiger partial charge is 0.225 e. The van der Waals surface area contributed by atoms with Gasteiger partial charge in [0.15, 0.2) is 0 Å². The van der Waals surface area contributed by atoms with Gasteiger partial charge in [0, 0.05) is 36.6 Å². The Morgan fingerprint density at radius 3 is 2.61 bits per heavy atom. The van der Waals surface area contributed by atoms with Crippen LogP contribution in [0.2, 0.25) is 5.02 Å². The normalized spacial score (nSPS) is 30.4. The van der Waals surface area contributed by atoms with E-state index in [1.54, 1.807) is 0 Å². The van der Waals surface area contributed by atoms with Gasteiger partial charge < -0.3 is 9.64 Å². The molecule has 2 aliphatic rings. The summed E-state index contributed by atoms with van der Waals surface area (Å²) in [6.07, 6.45) is 1.67. The van der Waals surface area contributed by atoms with Crippen molar-refractivity contribution >= 4 is 17.5 Å². The maximum atomic E-state index is 12.9. The molecular weight excluding hydrogens is 310 g/mol. The van der Waals surface area contributed by atoms with Gasteiger partial charge in [0.2, 0.25) is 5.91 Å². The van der Waals surface area contributed by atoms with E-state index in [2.05, 4.69) is 37.8 Å². The summed E-state index contributed by atoms with van der Waals surface area (Å²) in [6.45, 7) is 8.75. The van der Waals surface area contributed by atoms with Crippen LogP contribution in [0.25, 0.3) is 0 Å². The Labute approximate surface area is 144 Å². The van der Waals surface area contributed by atoms with Crippen molar-refractivity contribution in [1.29, 1.82) is 0 Å². The average molecular weight is 336 g/mol. The average Bonchev–Trinajstić information content (AvgIpc) is 2.88. The molecule has 4 heteroatoms. The Morgan fingerprint density at radius 2 is 1.96 bits per heavy atom. The van der Waals surface area contributed by atoms with Crippen LogP contribution in [0.1, 0.15) is 45.1 Å². The molecule has 1 unspecified atom stereocenters. The number of benzene rings is 1. The molecule has 126 valence electrons. The Bertz CT molecular complexity index is 569. The predicted molar refractivity (Wildman–Crippen MR) is 92.7 cm³/mol. The van der Waals surface area contributed by atoms with E-state index < -0.39 is 0 Å². The second-order valence-corrected chi connectivity index (χ2v) is 8.11. The van der Waals surface area contributed by atoms with Gasteiger partial charge in [-0.3, -0.25) is 4.79 Å². The second kappa shape index (κ2) is 6.45. The summed E-state index contributed by atoms with van der Waals surface area (Å²) in [5.41, 5.74) is 1.10. The maximum absolute atomic E-state index is 12.9. The summed E-state index contributed by atoms with van der Waals surface area (Å²) in [7, 11) is 0. The van der Waals surface area contributed by atoms with Crippen LogP contribution >= 0.6 is 11.6 Å². The first kappa shape index (κ1) is 16.8. The molecular formula is C19H26ClNO2. The first-order valence-corrected chi connectivity index (χ1v) is 8.92. The van der Waals surface area contributed by atoms with Crippen LogP contribution in [0.5, 0.6) is 0 Å². The third-order valence-electron chi connectivity index (χ3n) is 5.27. The first-order valence-electron chi connectivity index (χ1n) is 8.54. The molecule has 3 nitrogen and oxygen atoms in total. The van der Waals surface area contributed by atoms with Crippen molar-refractivity contribution in [3.8, 4) is 0 Å². The molecule has 2 aliphatic heterocycles. The van der Waals surface area contributed by atoms with Crippen molar-refractivity contribution in [2.45, 2.75) is 45.1 Å². The lowest BCUT2D eigenvalue weighted by Crippen LogP contribution is -2.42. The Kier molecular flexibility index (Phi) is 4.70. The zero-order chi connectivity index (χ0) is 16.6. The monoisotopic (exact) mass is 335 g/mol. The number of likely N-dealkylation sites (tertiary alicyclic amines) is 1. The third kappa shape index (κ3) is 3.72. The van der Waals surface area contributed by atoms with Gasteiger partial charge in [0.1, 0.15) is 0 Å². The van der Waals surface area contributed by atoms with Crippen LogP contribution < -0.4 is 0 Å². The van der Waals surface area contributed by atoms with Crippen molar-refractivity contribution < 1.29 is 9.53 Å². The van der Waals surface area contributed by atoms with Crippen molar-refractivity contribution in [1.82, 2.24) is 4.90 Å². The van der Waals surface area contributed by atoms with Gasteiger partial charge in [-0.25, -0.2) is 0 Å². The lowest BCUT2D eigenvalue weighted by Gasteiger charge is -2.36. The molecule has 1 amide bonds. The lowest BCUT2D eigenvalue weighted by molar-refractivity contribution is -0.144. The third-order valence-corrected chi connectivity index (χ3v) is 5.52. The molecule has 0 bridgehead atoms. The Balaban J connectivity index is 1.68. The van der Waals surface area contributed by atoms with Gasteiger partial charge >= 0.3 is 0 Å². The standard InChI is InChI=1S/C19H26ClNO2/c1-13-11-21(12-17(13)14-4-6-16(20)7-5-14)18(22)15-8-9-23-19(2,3)10-15/h4-7,13,15,17H,8-12H2,1-3H3/t13-,15?,17-/m1/s1. The summed E-state index contributed by atoms with van der Waals surface area (Å²) in [5.74, 6) is 1.30. The van der Waals surface area contributed by atoms with Crippen LogP contribution in [0.3, 0.4) is 0 Å². The number of nitrogens with zero attached hydrogens (tertiary/aromatic N) is 1. The van der Waals surface area contributed by atoms with E-state index in [-0.39, 0.29) is 11.5 Å². The summed E-state index contributed by atoms with van der Waals surface area (Å²) in [4.78, 5) is 15.0. The molecule has 0 spiro atoms. The molecule has 23 heavy (non-hydrogen) atoms. The number of hydrogen-bond acceptors (Lipinski definition) is 2. The molecule has 0 aliphatic carbocycles. The highest BCUT2D eigenvalue weighted by Crippen LogP contribution is 2.36. The van der Waals surface area contributed by atoms with Crippen molar-refractivity contribution in [3.05, 3.63) is 34.9 Å². The van der Waals surface area contributed by atoms with E-state index in [1.165, 1.54) is 5.56 Å². The Hall–Kier alpha value is -1.06. The minimum absolute atomic E-state index is 0.106. The number of amides is 1. The molecule has 2 heterocycles. The molecule has 1 aromatic rings. The fourth-order valence-electron chi connectivity index (χ4n) is 3.99. The van der Waals surface area contributed by atoms with Gasteiger partial charge in [-0.1, -0.05) is 30.7 Å². The molecule has 0 saturated carbocycles. The minimum Gasteiger partial charge on any atom is -0.376 e. The predicted octanol–water partition coefficient (Wildman–Crippen LogP) is 4.11. The van der Waals surface area contributed by atoms with E-state index in [0.29, 0.717) is 24.3 Å². The Morgan fingerprint density at radius 1 is 1.26 bits per heavy atom. The van der Waals surface area contributed by atoms with Gasteiger partial charge in [0.05, 0.1) is 5.60 Å². The second-order valence-electron chi connectivity index (χ2n) is 7.68. The van der Waals surface area contributed by atoms with Crippen molar-refractivity contribution in [2.24, 2.45) is 11.8 Å². The van der Waals surface area contributed by atoms with E-state index in [1.807, 2.05) is 12.1 Å². The number of carbonyl (C=O) groups is 1. The maximum Gasteiger partial charge on any atom is 0.225 e. The molecule has 0 radical (unpaired) electrons. The number of ether oxygens (including phenoxy) is 1. The molecule has 1 aromatic carbocycles. The fourth-order valence-corrected chi connectivity index (χ4v) is 4.12. The van der Waals surface area contributed by atoms with Crippen LogP contribution in [0.15, 0.2) is 24.3 Å². The topological polar surface area (TPSA) is 29.5 Å². The highest BCUT2D eigenvalue weighted by molar-refractivity contribution is 6.30. The molecule has 3 atom stereocenters. The highest BCUT2D eigenvalue weighted by atomic mass is 35.5. The van der Waals surface area contributed by atoms with Crippen LogP contribution in [0, 0.1) is 11.8 Å². The number of rotatable bonds is 2. The van der Waals surface area contributed by atoms with E-state index >= 15 is 0 Å². The van der Waals surface area contributed by atoms with Gasteiger partial charge in [0.25, 0.3) is 0 Å². The van der Waals surface area contributed by atoms with Crippen molar-refractivity contribution in [3.63, 3.8) is 0 Å². The van der Waals surface area contributed by atoms with Crippen molar-refractivity contribution in [2.75, 3.05) is 19.7 Å². The van der Waals surface area contributed by atoms with Gasteiger partial charge in [-0.15, -0.1) is 0 Å². The minimum atomic E-state index is -0.181. The molecule has 0 aromatic heterocycles. The van der Waals surface area contributed by atoms with Crippen LogP contribution in [-0.4, -0.2) is 36.1 Å². The van der Waals surface area contributed by atoms with Crippen LogP contribution in [0.4, 0.5) is 0 Å². The number of carbonyl (C=O) groups excluding carboxylic acids is 1.